The van der Waals surface area contributed by atoms with Crippen LogP contribution in [0.1, 0.15) is 12.0 Å². The van der Waals surface area contributed by atoms with Crippen LogP contribution in [-0.4, -0.2) is 48.1 Å². The van der Waals surface area contributed by atoms with Crippen LogP contribution in [0.2, 0.25) is 0 Å². The molecule has 0 aliphatic carbocycles. The van der Waals surface area contributed by atoms with Crippen LogP contribution in [0.4, 0.5) is 11.6 Å². The number of nitrogen functional groups attached to an aromatic ring is 1. The molecule has 3 N–H and O–H groups in total. The highest BCUT2D eigenvalue weighted by molar-refractivity contribution is 5.57. The summed E-state index contributed by atoms with van der Waals surface area (Å²) in [5.41, 5.74) is 3.61. The summed E-state index contributed by atoms with van der Waals surface area (Å²) in [7, 11) is 4.24. The Kier molecular flexibility index (Phi) is 3.44. The number of anilines is 2. The van der Waals surface area contributed by atoms with Crippen LogP contribution in [0.3, 0.4) is 0 Å². The van der Waals surface area contributed by atoms with Crippen LogP contribution < -0.4 is 16.2 Å². The van der Waals surface area contributed by atoms with Gasteiger partial charge in [-0.25, -0.2) is 15.8 Å². The predicted molar refractivity (Wildman–Crippen MR) is 68.9 cm³/mol. The molecule has 1 saturated heterocycles. The van der Waals surface area contributed by atoms with Gasteiger partial charge in [0, 0.05) is 24.7 Å². The van der Waals surface area contributed by atoms with Crippen molar-refractivity contribution in [2.45, 2.75) is 19.4 Å². The first-order valence-corrected chi connectivity index (χ1v) is 5.83. The lowest BCUT2D eigenvalue weighted by atomic mass is 10.2. The van der Waals surface area contributed by atoms with Crippen molar-refractivity contribution in [2.24, 2.45) is 5.84 Å². The molecule has 0 aromatic carbocycles. The van der Waals surface area contributed by atoms with Gasteiger partial charge in [-0.2, -0.15) is 0 Å². The summed E-state index contributed by atoms with van der Waals surface area (Å²) >= 11 is 0. The first-order valence-electron chi connectivity index (χ1n) is 5.83. The van der Waals surface area contributed by atoms with E-state index < -0.39 is 0 Å². The van der Waals surface area contributed by atoms with Crippen molar-refractivity contribution >= 4 is 11.6 Å². The number of aromatic nitrogens is 2. The maximum Gasteiger partial charge on any atom is 0.148 e. The largest absolute Gasteiger partial charge is 0.355 e. The van der Waals surface area contributed by atoms with Crippen LogP contribution in [0.5, 0.6) is 0 Å². The molecule has 1 fully saturated rings. The molecular weight excluding hydrogens is 216 g/mol. The average molecular weight is 236 g/mol. The Labute approximate surface area is 102 Å². The van der Waals surface area contributed by atoms with Crippen LogP contribution in [0.25, 0.3) is 0 Å². The molecule has 0 spiro atoms. The van der Waals surface area contributed by atoms with Gasteiger partial charge in [-0.1, -0.05) is 0 Å². The summed E-state index contributed by atoms with van der Waals surface area (Å²) in [6.07, 6.45) is 2.72. The van der Waals surface area contributed by atoms with E-state index in [0.29, 0.717) is 11.9 Å². The number of hydrogen-bond acceptors (Lipinski definition) is 6. The molecule has 2 rings (SSSR count). The number of hydrogen-bond donors (Lipinski definition) is 2. The number of nitrogens with one attached hydrogen (secondary N) is 1. The average Bonchev–Trinajstić information content (AvgIpc) is 2.78. The molecule has 0 saturated carbocycles. The lowest BCUT2D eigenvalue weighted by molar-refractivity contribution is 0.315. The minimum Gasteiger partial charge on any atom is -0.355 e. The molecule has 2 heterocycles. The minimum absolute atomic E-state index is 0.596. The van der Waals surface area contributed by atoms with Gasteiger partial charge in [0.05, 0.1) is 0 Å². The van der Waals surface area contributed by atoms with Gasteiger partial charge >= 0.3 is 0 Å². The third-order valence-electron chi connectivity index (χ3n) is 3.39. The fourth-order valence-electron chi connectivity index (χ4n) is 2.26. The molecule has 1 unspecified atom stereocenters. The molecule has 94 valence electrons. The minimum atomic E-state index is 0.596. The zero-order valence-corrected chi connectivity index (χ0v) is 10.6. The van der Waals surface area contributed by atoms with Crippen LogP contribution in [-0.2, 0) is 0 Å². The van der Waals surface area contributed by atoms with E-state index in [-0.39, 0.29) is 0 Å². The van der Waals surface area contributed by atoms with Crippen molar-refractivity contribution in [1.29, 1.82) is 0 Å². The Morgan fingerprint density at radius 1 is 1.47 bits per heavy atom. The van der Waals surface area contributed by atoms with E-state index >= 15 is 0 Å². The zero-order chi connectivity index (χ0) is 12.4. The van der Waals surface area contributed by atoms with E-state index in [1.807, 2.05) is 6.92 Å². The van der Waals surface area contributed by atoms with Crippen LogP contribution in [0, 0.1) is 6.92 Å². The fourth-order valence-corrected chi connectivity index (χ4v) is 2.26. The standard InChI is InChI=1S/C11H20N6/c1-8-10(15-12)13-7-14-11(8)17-5-4-9(6-17)16(2)3/h7,9H,4-6,12H2,1-3H3,(H,13,14,15). The van der Waals surface area contributed by atoms with Crippen molar-refractivity contribution in [3.05, 3.63) is 11.9 Å². The second-order valence-electron chi connectivity index (χ2n) is 4.67. The van der Waals surface area contributed by atoms with Gasteiger partial charge in [-0.3, -0.25) is 0 Å². The third-order valence-corrected chi connectivity index (χ3v) is 3.39. The number of likely N-dealkylation sites (N-methyl/N-ethyl adjacent to an activating group) is 1. The number of nitrogens with two attached hydrogens (primary N) is 1. The monoisotopic (exact) mass is 236 g/mol. The molecule has 1 aliphatic heterocycles. The fraction of sp³-hybridized carbons (Fsp3) is 0.636. The maximum atomic E-state index is 5.43. The van der Waals surface area contributed by atoms with Crippen molar-refractivity contribution in [3.8, 4) is 0 Å². The zero-order valence-electron chi connectivity index (χ0n) is 10.6. The molecule has 1 aromatic heterocycles. The van der Waals surface area contributed by atoms with Gasteiger partial charge in [0.1, 0.15) is 18.0 Å². The van der Waals surface area contributed by atoms with Gasteiger partial charge in [0.15, 0.2) is 0 Å². The lowest BCUT2D eigenvalue weighted by Gasteiger charge is -2.22. The Hall–Kier alpha value is -1.40. The molecular formula is C11H20N6. The van der Waals surface area contributed by atoms with E-state index in [0.717, 1.165) is 24.5 Å². The summed E-state index contributed by atoms with van der Waals surface area (Å²) in [4.78, 5) is 13.0. The smallest absolute Gasteiger partial charge is 0.148 e. The van der Waals surface area contributed by atoms with Crippen LogP contribution in [0.15, 0.2) is 6.33 Å². The Morgan fingerprint density at radius 2 is 2.24 bits per heavy atom. The Morgan fingerprint density at radius 3 is 2.82 bits per heavy atom. The molecule has 6 nitrogen and oxygen atoms in total. The number of nitrogens with zero attached hydrogens (tertiary/aromatic N) is 4. The Balaban J connectivity index is 2.19. The number of rotatable bonds is 3. The highest BCUT2D eigenvalue weighted by atomic mass is 15.3. The van der Waals surface area contributed by atoms with Gasteiger partial charge in [-0.15, -0.1) is 0 Å². The highest BCUT2D eigenvalue weighted by Crippen LogP contribution is 2.25. The normalized spacial score (nSPS) is 20.1. The highest BCUT2D eigenvalue weighted by Gasteiger charge is 2.26. The van der Waals surface area contributed by atoms with Crippen LogP contribution >= 0.6 is 0 Å². The topological polar surface area (TPSA) is 70.3 Å². The van der Waals surface area contributed by atoms with E-state index in [1.165, 1.54) is 6.42 Å². The van der Waals surface area contributed by atoms with Gasteiger partial charge in [0.2, 0.25) is 0 Å². The van der Waals surface area contributed by atoms with E-state index in [2.05, 4.69) is 39.3 Å². The summed E-state index contributed by atoms with van der Waals surface area (Å²) in [5, 5.41) is 0. The summed E-state index contributed by atoms with van der Waals surface area (Å²) < 4.78 is 0. The summed E-state index contributed by atoms with van der Waals surface area (Å²) in [6, 6.07) is 0.596. The second-order valence-corrected chi connectivity index (χ2v) is 4.67. The molecule has 1 atom stereocenters. The van der Waals surface area contributed by atoms with Gasteiger partial charge < -0.3 is 15.2 Å². The van der Waals surface area contributed by atoms with Crippen molar-refractivity contribution in [2.75, 3.05) is 37.5 Å². The molecule has 17 heavy (non-hydrogen) atoms. The molecule has 6 heteroatoms. The molecule has 0 radical (unpaired) electrons. The SMILES string of the molecule is Cc1c(NN)ncnc1N1CCC(N(C)C)C1. The molecule has 1 aromatic rings. The molecule has 0 bridgehead atoms. The van der Waals surface area contributed by atoms with E-state index in [4.69, 9.17) is 5.84 Å². The number of hydrazine groups is 1. The summed E-state index contributed by atoms with van der Waals surface area (Å²) in [5.74, 6) is 7.11. The lowest BCUT2D eigenvalue weighted by Crippen LogP contribution is -2.32. The molecule has 0 amide bonds. The quantitative estimate of drug-likeness (QED) is 0.577. The van der Waals surface area contributed by atoms with E-state index in [1.54, 1.807) is 6.33 Å². The van der Waals surface area contributed by atoms with E-state index in [9.17, 15) is 0 Å². The van der Waals surface area contributed by atoms with Gasteiger partial charge in [0.25, 0.3) is 0 Å². The Bertz CT molecular complexity index is 392. The maximum absolute atomic E-state index is 5.43. The van der Waals surface area contributed by atoms with Crippen molar-refractivity contribution in [3.63, 3.8) is 0 Å². The summed E-state index contributed by atoms with van der Waals surface area (Å²) in [6.45, 7) is 4.03. The predicted octanol–water partition coefficient (Wildman–Crippen LogP) is 0.211. The van der Waals surface area contributed by atoms with Gasteiger partial charge in [-0.05, 0) is 27.4 Å². The van der Waals surface area contributed by atoms with Crippen molar-refractivity contribution < 1.29 is 0 Å². The first-order chi connectivity index (χ1) is 8.13. The second kappa shape index (κ2) is 4.85. The van der Waals surface area contributed by atoms with Crippen molar-refractivity contribution in [1.82, 2.24) is 14.9 Å². The first kappa shape index (κ1) is 12.1. The molecule has 1 aliphatic rings. The third kappa shape index (κ3) is 2.32.